The second-order valence-corrected chi connectivity index (χ2v) is 8.25. The molecule has 0 radical (unpaired) electrons. The third-order valence-electron chi connectivity index (χ3n) is 5.97. The minimum Gasteiger partial charge on any atom is -0.386 e. The van der Waals surface area contributed by atoms with Crippen molar-refractivity contribution >= 4 is 23.8 Å². The van der Waals surface area contributed by atoms with Crippen LogP contribution in [0.25, 0.3) is 0 Å². The Morgan fingerprint density at radius 1 is 1.34 bits per heavy atom. The molecule has 1 aromatic rings. The van der Waals surface area contributed by atoms with Crippen LogP contribution in [0.3, 0.4) is 0 Å². The Kier molecular flexibility index (Phi) is 5.64. The van der Waals surface area contributed by atoms with E-state index in [1.165, 1.54) is 13.3 Å². The van der Waals surface area contributed by atoms with Gasteiger partial charge in [0.25, 0.3) is 0 Å². The zero-order valence-electron chi connectivity index (χ0n) is 16.2. The molecule has 10 heteroatoms. The number of rotatable bonds is 4. The molecule has 5 N–H and O–H groups in total. The van der Waals surface area contributed by atoms with Gasteiger partial charge in [0, 0.05) is 18.6 Å². The number of benzene rings is 1. The van der Waals surface area contributed by atoms with Crippen molar-refractivity contribution in [3.05, 3.63) is 34.9 Å². The molecule has 0 bridgehead atoms. The lowest BCUT2D eigenvalue weighted by atomic mass is 9.88. The van der Waals surface area contributed by atoms with Crippen molar-refractivity contribution in [1.29, 1.82) is 0 Å². The molecule has 1 aromatic carbocycles. The molecular weight excluding hydrogens is 398 g/mol. The highest BCUT2D eigenvalue weighted by Crippen LogP contribution is 2.42. The molecule has 4 rings (SSSR count). The second kappa shape index (κ2) is 7.92. The molecule has 7 atom stereocenters. The normalized spacial score (nSPS) is 38.0. The molecule has 0 amide bonds. The zero-order chi connectivity index (χ0) is 20.8. The standard InChI is InChI=1S/C19H26ClN5O4/c1-19(28)14(27)18(29-15(19)13(26)10-3-5-11(20)6-4-10)25-8-7-12-16(24-21-2)22-9-23-17(12)25/h3-6,9,12-15,17-18,21,26-28H,7-8H2,1-2H3,(H,22,23,24)/t12?,13-,14+,15-,17?,18-,19+/m1/s1. The van der Waals surface area contributed by atoms with Crippen LogP contribution in [0.15, 0.2) is 34.3 Å². The summed E-state index contributed by atoms with van der Waals surface area (Å²) in [5, 5.41) is 33.3. The number of likely N-dealkylation sites (tertiary alicyclic amines) is 1. The van der Waals surface area contributed by atoms with Crippen LogP contribution in [0.5, 0.6) is 0 Å². The molecule has 3 heterocycles. The number of aliphatic imine (C=N–C) groups is 2. The molecule has 2 saturated heterocycles. The number of halogens is 1. The average molecular weight is 424 g/mol. The quantitative estimate of drug-likeness (QED) is 0.433. The van der Waals surface area contributed by atoms with Crippen LogP contribution in [0.1, 0.15) is 25.0 Å². The SMILES string of the molecule is CNNC1=NC=NC2C1CCN2[C@@H]1O[C@H]([C@H](O)c2ccc(Cl)cc2)[C@@](C)(O)[C@H]1O. The van der Waals surface area contributed by atoms with Crippen LogP contribution in [-0.2, 0) is 4.74 Å². The highest BCUT2D eigenvalue weighted by molar-refractivity contribution is 6.30. The van der Waals surface area contributed by atoms with Gasteiger partial charge in [-0.2, -0.15) is 0 Å². The number of ether oxygens (including phenoxy) is 1. The smallest absolute Gasteiger partial charge is 0.142 e. The first-order chi connectivity index (χ1) is 13.8. The number of amidine groups is 1. The van der Waals surface area contributed by atoms with Crippen LogP contribution in [-0.4, -0.2) is 76.2 Å². The van der Waals surface area contributed by atoms with E-state index < -0.39 is 30.1 Å². The largest absolute Gasteiger partial charge is 0.386 e. The molecule has 3 aliphatic heterocycles. The summed E-state index contributed by atoms with van der Waals surface area (Å²) in [6.07, 6.45) is -2.18. The molecular formula is C19H26ClN5O4. The monoisotopic (exact) mass is 423 g/mol. The molecule has 2 fully saturated rings. The Hall–Kier alpha value is -1.59. The Balaban J connectivity index is 1.55. The predicted octanol–water partition coefficient (Wildman–Crippen LogP) is 0.0226. The molecule has 0 aliphatic carbocycles. The molecule has 0 saturated carbocycles. The van der Waals surface area contributed by atoms with Crippen molar-refractivity contribution in [3.8, 4) is 0 Å². The maximum absolute atomic E-state index is 11.0. The molecule has 0 spiro atoms. The van der Waals surface area contributed by atoms with Gasteiger partial charge in [0.1, 0.15) is 48.5 Å². The van der Waals surface area contributed by atoms with Gasteiger partial charge in [-0.1, -0.05) is 23.7 Å². The number of hydrogen-bond donors (Lipinski definition) is 5. The van der Waals surface area contributed by atoms with E-state index in [9.17, 15) is 15.3 Å². The molecule has 0 aromatic heterocycles. The topological polar surface area (TPSA) is 122 Å². The minimum atomic E-state index is -1.65. The minimum absolute atomic E-state index is 0.0217. The highest BCUT2D eigenvalue weighted by atomic mass is 35.5. The third-order valence-corrected chi connectivity index (χ3v) is 6.23. The van der Waals surface area contributed by atoms with Crippen LogP contribution >= 0.6 is 11.6 Å². The van der Waals surface area contributed by atoms with Gasteiger partial charge in [0.05, 0.1) is 5.92 Å². The van der Waals surface area contributed by atoms with Crippen LogP contribution < -0.4 is 10.9 Å². The van der Waals surface area contributed by atoms with E-state index in [0.29, 0.717) is 17.1 Å². The van der Waals surface area contributed by atoms with Gasteiger partial charge < -0.3 is 25.5 Å². The molecule has 158 valence electrons. The number of nitrogens with zero attached hydrogens (tertiary/aromatic N) is 3. The Morgan fingerprint density at radius 2 is 2.07 bits per heavy atom. The van der Waals surface area contributed by atoms with E-state index in [-0.39, 0.29) is 12.1 Å². The molecule has 9 nitrogen and oxygen atoms in total. The van der Waals surface area contributed by atoms with E-state index >= 15 is 0 Å². The summed E-state index contributed by atoms with van der Waals surface area (Å²) in [5.41, 5.74) is 4.80. The van der Waals surface area contributed by atoms with Crippen molar-refractivity contribution in [2.45, 2.75) is 49.7 Å². The van der Waals surface area contributed by atoms with Gasteiger partial charge in [-0.3, -0.25) is 9.89 Å². The van der Waals surface area contributed by atoms with Gasteiger partial charge in [0.15, 0.2) is 0 Å². The van der Waals surface area contributed by atoms with Crippen molar-refractivity contribution < 1.29 is 20.1 Å². The van der Waals surface area contributed by atoms with Gasteiger partial charge >= 0.3 is 0 Å². The van der Waals surface area contributed by atoms with Crippen LogP contribution in [0.4, 0.5) is 0 Å². The second-order valence-electron chi connectivity index (χ2n) is 7.81. The summed E-state index contributed by atoms with van der Waals surface area (Å²) in [7, 11) is 1.76. The fourth-order valence-electron chi connectivity index (χ4n) is 4.37. The first-order valence-electron chi connectivity index (χ1n) is 9.62. The van der Waals surface area contributed by atoms with Gasteiger partial charge in [-0.05, 0) is 31.0 Å². The van der Waals surface area contributed by atoms with Crippen molar-refractivity contribution in [2.24, 2.45) is 15.9 Å². The maximum atomic E-state index is 11.0. The van der Waals surface area contributed by atoms with Crippen LogP contribution in [0.2, 0.25) is 5.02 Å². The number of aliphatic hydroxyl groups is 3. The average Bonchev–Trinajstić information content (AvgIpc) is 3.22. The lowest BCUT2D eigenvalue weighted by Crippen LogP contribution is -2.53. The first-order valence-corrected chi connectivity index (χ1v) is 9.99. The van der Waals surface area contributed by atoms with Crippen molar-refractivity contribution in [1.82, 2.24) is 15.8 Å². The lowest BCUT2D eigenvalue weighted by Gasteiger charge is -2.33. The number of hydrazine groups is 1. The summed E-state index contributed by atoms with van der Waals surface area (Å²) >= 11 is 5.92. The number of nitrogens with one attached hydrogen (secondary N) is 2. The molecule has 2 unspecified atom stereocenters. The molecule has 3 aliphatic rings. The van der Waals surface area contributed by atoms with Gasteiger partial charge in [-0.25, -0.2) is 10.4 Å². The first kappa shape index (κ1) is 20.7. The Morgan fingerprint density at radius 3 is 2.76 bits per heavy atom. The maximum Gasteiger partial charge on any atom is 0.142 e. The van der Waals surface area contributed by atoms with Crippen LogP contribution in [0, 0.1) is 5.92 Å². The van der Waals surface area contributed by atoms with E-state index in [4.69, 9.17) is 16.3 Å². The predicted molar refractivity (Wildman–Crippen MR) is 108 cm³/mol. The van der Waals surface area contributed by atoms with Gasteiger partial charge in [-0.15, -0.1) is 0 Å². The fourth-order valence-corrected chi connectivity index (χ4v) is 4.49. The lowest BCUT2D eigenvalue weighted by molar-refractivity contribution is -0.128. The Labute approximate surface area is 174 Å². The fraction of sp³-hybridized carbons (Fsp3) is 0.579. The summed E-state index contributed by atoms with van der Waals surface area (Å²) in [6.45, 7) is 2.09. The zero-order valence-corrected chi connectivity index (χ0v) is 17.0. The molecule has 29 heavy (non-hydrogen) atoms. The van der Waals surface area contributed by atoms with Gasteiger partial charge in [0.2, 0.25) is 0 Å². The summed E-state index contributed by atoms with van der Waals surface area (Å²) in [5.74, 6) is 0.792. The van der Waals surface area contributed by atoms with E-state index in [1.807, 2.05) is 4.90 Å². The van der Waals surface area contributed by atoms with E-state index in [0.717, 1.165) is 12.3 Å². The highest BCUT2D eigenvalue weighted by Gasteiger charge is 2.58. The van der Waals surface area contributed by atoms with E-state index in [2.05, 4.69) is 20.8 Å². The number of hydrogen-bond acceptors (Lipinski definition) is 9. The van der Waals surface area contributed by atoms with Crippen molar-refractivity contribution in [2.75, 3.05) is 13.6 Å². The summed E-state index contributed by atoms with van der Waals surface area (Å²) < 4.78 is 6.06. The van der Waals surface area contributed by atoms with Crippen molar-refractivity contribution in [3.63, 3.8) is 0 Å². The number of fused-ring (bicyclic) bond motifs is 1. The Bertz CT molecular complexity index is 802. The van der Waals surface area contributed by atoms with E-state index in [1.54, 1.807) is 31.3 Å². The summed E-state index contributed by atoms with van der Waals surface area (Å²) in [4.78, 5) is 10.7. The summed E-state index contributed by atoms with van der Waals surface area (Å²) in [6, 6.07) is 6.68. The third kappa shape index (κ3) is 3.57. The number of aliphatic hydroxyl groups excluding tert-OH is 2.